The summed E-state index contributed by atoms with van der Waals surface area (Å²) in [7, 11) is 0. The molecule has 0 saturated carbocycles. The van der Waals surface area contributed by atoms with Crippen LogP contribution in [0.2, 0.25) is 0 Å². The van der Waals surface area contributed by atoms with Crippen molar-refractivity contribution in [2.45, 2.75) is 25.2 Å². The molecule has 2 aliphatic heterocycles. The highest BCUT2D eigenvalue weighted by Crippen LogP contribution is 2.34. The van der Waals surface area contributed by atoms with Crippen LogP contribution in [0.3, 0.4) is 0 Å². The standard InChI is InChI=1S/C18H21N5O2.C2HF3O2/c24-17(22-10-13-4-1-2-6-19-13)15-11-23(18-20-7-3-8-21-18)12-16-14(15)5-9-25-16;3-2(4,5)1(6)7/h1-4,6-8,14-16H,5,9-12H2,(H,22,24);(H,6,7)/t14-,15+,16+;/m0./s1. The molecule has 2 aromatic heterocycles. The third-order valence-corrected chi connectivity index (χ3v) is 5.18. The van der Waals surface area contributed by atoms with Gasteiger partial charge in [-0.15, -0.1) is 0 Å². The van der Waals surface area contributed by atoms with Gasteiger partial charge in [-0.05, 0) is 24.6 Å². The van der Waals surface area contributed by atoms with Crippen LogP contribution in [-0.4, -0.2) is 63.9 Å². The monoisotopic (exact) mass is 453 g/mol. The molecule has 2 aromatic rings. The molecule has 172 valence electrons. The number of nitrogens with zero attached hydrogens (tertiary/aromatic N) is 4. The number of hydrogen-bond donors (Lipinski definition) is 2. The maximum absolute atomic E-state index is 12.8. The number of fused-ring (bicyclic) bond motifs is 1. The Bertz CT molecular complexity index is 901. The lowest BCUT2D eigenvalue weighted by Crippen LogP contribution is -2.53. The Morgan fingerprint density at radius 2 is 1.81 bits per heavy atom. The van der Waals surface area contributed by atoms with E-state index in [1.165, 1.54) is 0 Å². The number of halogens is 3. The SMILES string of the molecule is O=C(NCc1ccccn1)[C@@H]1CN(c2ncccn2)C[C@H]2OCC[C@H]21.O=C(O)C(F)(F)F. The summed E-state index contributed by atoms with van der Waals surface area (Å²) in [6, 6.07) is 7.49. The molecule has 32 heavy (non-hydrogen) atoms. The van der Waals surface area contributed by atoms with E-state index in [-0.39, 0.29) is 23.8 Å². The number of aliphatic carboxylic acids is 1. The van der Waals surface area contributed by atoms with Crippen LogP contribution in [0, 0.1) is 11.8 Å². The highest BCUT2D eigenvalue weighted by atomic mass is 19.4. The summed E-state index contributed by atoms with van der Waals surface area (Å²) in [5, 5.41) is 10.2. The van der Waals surface area contributed by atoms with Gasteiger partial charge in [0.2, 0.25) is 11.9 Å². The number of anilines is 1. The summed E-state index contributed by atoms with van der Waals surface area (Å²) < 4.78 is 37.6. The number of amides is 1. The molecule has 0 spiro atoms. The van der Waals surface area contributed by atoms with Gasteiger partial charge in [0.15, 0.2) is 0 Å². The minimum absolute atomic E-state index is 0.0479. The molecule has 12 heteroatoms. The van der Waals surface area contributed by atoms with E-state index in [0.717, 1.165) is 18.7 Å². The molecule has 2 fully saturated rings. The van der Waals surface area contributed by atoms with E-state index in [2.05, 4.69) is 25.2 Å². The summed E-state index contributed by atoms with van der Waals surface area (Å²) in [6.07, 6.45) is 1.08. The molecule has 0 aromatic carbocycles. The van der Waals surface area contributed by atoms with Crippen molar-refractivity contribution < 1.29 is 32.6 Å². The average Bonchev–Trinajstić information content (AvgIpc) is 3.26. The van der Waals surface area contributed by atoms with Crippen molar-refractivity contribution in [3.63, 3.8) is 0 Å². The van der Waals surface area contributed by atoms with Gasteiger partial charge >= 0.3 is 12.1 Å². The molecule has 0 radical (unpaired) electrons. The van der Waals surface area contributed by atoms with Gasteiger partial charge in [-0.2, -0.15) is 13.2 Å². The van der Waals surface area contributed by atoms with E-state index >= 15 is 0 Å². The zero-order valence-electron chi connectivity index (χ0n) is 16.9. The number of nitrogens with one attached hydrogen (secondary N) is 1. The van der Waals surface area contributed by atoms with Crippen LogP contribution in [-0.2, 0) is 20.9 Å². The Hall–Kier alpha value is -3.28. The normalized spacial score (nSPS) is 22.3. The first-order valence-corrected chi connectivity index (χ1v) is 9.87. The fraction of sp³-hybridized carbons (Fsp3) is 0.450. The van der Waals surface area contributed by atoms with Crippen molar-refractivity contribution in [1.82, 2.24) is 20.3 Å². The molecule has 0 bridgehead atoms. The molecule has 3 atom stereocenters. The van der Waals surface area contributed by atoms with Gasteiger partial charge in [-0.25, -0.2) is 14.8 Å². The van der Waals surface area contributed by atoms with Gasteiger partial charge in [0.25, 0.3) is 0 Å². The molecule has 0 unspecified atom stereocenters. The lowest BCUT2D eigenvalue weighted by atomic mass is 9.82. The Morgan fingerprint density at radius 3 is 2.44 bits per heavy atom. The second-order valence-corrected chi connectivity index (χ2v) is 7.26. The lowest BCUT2D eigenvalue weighted by molar-refractivity contribution is -0.192. The minimum Gasteiger partial charge on any atom is -0.475 e. The summed E-state index contributed by atoms with van der Waals surface area (Å²) in [5.74, 6) is -1.93. The van der Waals surface area contributed by atoms with E-state index in [9.17, 15) is 18.0 Å². The molecule has 9 nitrogen and oxygen atoms in total. The van der Waals surface area contributed by atoms with E-state index in [4.69, 9.17) is 14.6 Å². The number of alkyl halides is 3. The quantitative estimate of drug-likeness (QED) is 0.718. The zero-order chi connectivity index (χ0) is 23.1. The molecule has 4 heterocycles. The van der Waals surface area contributed by atoms with Crippen LogP contribution in [0.1, 0.15) is 12.1 Å². The minimum atomic E-state index is -5.08. The van der Waals surface area contributed by atoms with E-state index in [0.29, 0.717) is 25.6 Å². The number of carboxylic acids is 1. The number of carbonyl (C=O) groups excluding carboxylic acids is 1. The first-order chi connectivity index (χ1) is 15.3. The summed E-state index contributed by atoms with van der Waals surface area (Å²) in [5.41, 5.74) is 0.856. The van der Waals surface area contributed by atoms with Gasteiger partial charge in [0.05, 0.1) is 24.3 Å². The van der Waals surface area contributed by atoms with Crippen LogP contribution in [0.4, 0.5) is 19.1 Å². The largest absolute Gasteiger partial charge is 0.490 e. The Balaban J connectivity index is 0.000000360. The van der Waals surface area contributed by atoms with Crippen molar-refractivity contribution in [1.29, 1.82) is 0 Å². The number of carboxylic acid groups (broad SMARTS) is 1. The van der Waals surface area contributed by atoms with Gasteiger partial charge in [0.1, 0.15) is 0 Å². The Labute approximate surface area is 181 Å². The predicted molar refractivity (Wildman–Crippen MR) is 105 cm³/mol. The lowest BCUT2D eigenvalue weighted by Gasteiger charge is -2.39. The van der Waals surface area contributed by atoms with Crippen molar-refractivity contribution in [2.24, 2.45) is 11.8 Å². The van der Waals surface area contributed by atoms with Crippen molar-refractivity contribution in [2.75, 3.05) is 24.6 Å². The Morgan fingerprint density at radius 1 is 1.12 bits per heavy atom. The van der Waals surface area contributed by atoms with Crippen LogP contribution in [0.25, 0.3) is 0 Å². The molecule has 0 aliphatic carbocycles. The van der Waals surface area contributed by atoms with E-state index in [1.54, 1.807) is 24.7 Å². The average molecular weight is 453 g/mol. The van der Waals surface area contributed by atoms with Crippen molar-refractivity contribution in [3.05, 3.63) is 48.5 Å². The van der Waals surface area contributed by atoms with E-state index in [1.807, 2.05) is 18.2 Å². The highest BCUT2D eigenvalue weighted by Gasteiger charge is 2.44. The second kappa shape index (κ2) is 10.4. The number of piperidine rings is 1. The third kappa shape index (κ3) is 6.13. The summed E-state index contributed by atoms with van der Waals surface area (Å²) in [6.45, 7) is 2.50. The molecule has 2 N–H and O–H groups in total. The summed E-state index contributed by atoms with van der Waals surface area (Å²) in [4.78, 5) is 36.7. The number of carbonyl (C=O) groups is 2. The van der Waals surface area contributed by atoms with Crippen LogP contribution < -0.4 is 10.2 Å². The maximum atomic E-state index is 12.8. The molecule has 4 rings (SSSR count). The van der Waals surface area contributed by atoms with Gasteiger partial charge < -0.3 is 20.1 Å². The number of hydrogen-bond acceptors (Lipinski definition) is 7. The van der Waals surface area contributed by atoms with E-state index < -0.39 is 12.1 Å². The number of ether oxygens (including phenoxy) is 1. The first kappa shape index (κ1) is 23.4. The van der Waals surface area contributed by atoms with Gasteiger partial charge in [-0.3, -0.25) is 9.78 Å². The molecule has 2 saturated heterocycles. The number of aromatic nitrogens is 3. The smallest absolute Gasteiger partial charge is 0.475 e. The highest BCUT2D eigenvalue weighted by molar-refractivity contribution is 5.80. The fourth-order valence-corrected chi connectivity index (χ4v) is 3.68. The Kier molecular flexibility index (Phi) is 7.57. The van der Waals surface area contributed by atoms with Crippen LogP contribution in [0.5, 0.6) is 0 Å². The maximum Gasteiger partial charge on any atom is 0.490 e. The van der Waals surface area contributed by atoms with Crippen LogP contribution >= 0.6 is 0 Å². The van der Waals surface area contributed by atoms with Gasteiger partial charge in [0, 0.05) is 44.2 Å². The zero-order valence-corrected chi connectivity index (χ0v) is 16.9. The van der Waals surface area contributed by atoms with Crippen LogP contribution in [0.15, 0.2) is 42.9 Å². The second-order valence-electron chi connectivity index (χ2n) is 7.26. The molecule has 1 amide bonds. The number of rotatable bonds is 4. The molecule has 2 aliphatic rings. The molecular formula is C20H22F3N5O4. The predicted octanol–water partition coefficient (Wildman–Crippen LogP) is 1.66. The number of pyridine rings is 1. The third-order valence-electron chi connectivity index (χ3n) is 5.18. The summed E-state index contributed by atoms with van der Waals surface area (Å²) >= 11 is 0. The fourth-order valence-electron chi connectivity index (χ4n) is 3.68. The van der Waals surface area contributed by atoms with Gasteiger partial charge in [-0.1, -0.05) is 6.07 Å². The topological polar surface area (TPSA) is 118 Å². The molecular weight excluding hydrogens is 431 g/mol. The van der Waals surface area contributed by atoms with Crippen molar-refractivity contribution in [3.8, 4) is 0 Å². The first-order valence-electron chi connectivity index (χ1n) is 9.87. The van der Waals surface area contributed by atoms with Crippen molar-refractivity contribution >= 4 is 17.8 Å².